The molecule has 78 heavy (non-hydrogen) atoms. The highest BCUT2D eigenvalue weighted by molar-refractivity contribution is 5.71. The Bertz CT molecular complexity index is 1440. The first-order chi connectivity index (χ1) is 38.5. The maximum Gasteiger partial charge on any atom is 0.306 e. The minimum Gasteiger partial charge on any atom is -0.462 e. The van der Waals surface area contributed by atoms with Gasteiger partial charge in [0.1, 0.15) is 13.2 Å². The van der Waals surface area contributed by atoms with Gasteiger partial charge in [0.15, 0.2) is 6.10 Å². The highest BCUT2D eigenvalue weighted by Crippen LogP contribution is 2.17. The standard InChI is InChI=1S/C72H128O6/c1-4-7-10-13-16-19-22-25-27-29-31-33-35-36-38-39-41-43-45-47-50-53-56-59-62-65-71(74)77-68-69(67-76-70(73)64-61-58-55-52-49-24-21-18-15-12-9-6-3)78-72(75)66-63-60-57-54-51-48-46-44-42-40-37-34-32-30-28-26-23-20-17-14-11-8-5-2/h8,11,17-18,20-21,26,28-29,31-32,34,69H,4-7,9-10,12-16,19,22-25,27,30,33,35-68H2,1-3H3/b11-8-,20-17-,21-18-,28-26-,31-29-,34-32-. The second-order valence-corrected chi connectivity index (χ2v) is 22.7. The van der Waals surface area contributed by atoms with E-state index in [-0.39, 0.29) is 31.1 Å². The van der Waals surface area contributed by atoms with Gasteiger partial charge in [-0.25, -0.2) is 0 Å². The minimum absolute atomic E-state index is 0.0773. The normalized spacial score (nSPS) is 12.5. The monoisotopic (exact) mass is 1090 g/mol. The van der Waals surface area contributed by atoms with E-state index in [2.05, 4.69) is 93.7 Å². The van der Waals surface area contributed by atoms with Crippen LogP contribution in [0.5, 0.6) is 0 Å². The van der Waals surface area contributed by atoms with Crippen LogP contribution in [0.15, 0.2) is 72.9 Å². The Balaban J connectivity index is 4.26. The molecular formula is C72H128O6. The van der Waals surface area contributed by atoms with E-state index in [1.807, 2.05) is 0 Å². The summed E-state index contributed by atoms with van der Waals surface area (Å²) in [4.78, 5) is 38.4. The molecule has 1 unspecified atom stereocenters. The second kappa shape index (κ2) is 66.4. The smallest absolute Gasteiger partial charge is 0.306 e. The molecule has 0 bridgehead atoms. The molecule has 0 amide bonds. The summed E-state index contributed by atoms with van der Waals surface area (Å²) in [7, 11) is 0. The number of unbranched alkanes of at least 4 members (excludes halogenated alkanes) is 39. The van der Waals surface area contributed by atoms with Gasteiger partial charge in [0.05, 0.1) is 0 Å². The predicted molar refractivity (Wildman–Crippen MR) is 339 cm³/mol. The summed E-state index contributed by atoms with van der Waals surface area (Å²) in [5, 5.41) is 0. The molecule has 0 saturated carbocycles. The molecule has 452 valence electrons. The average Bonchev–Trinajstić information content (AvgIpc) is 3.44. The lowest BCUT2D eigenvalue weighted by atomic mass is 10.0. The summed E-state index contributed by atoms with van der Waals surface area (Å²) in [5.74, 6) is -0.874. The van der Waals surface area contributed by atoms with Crippen LogP contribution in [0.2, 0.25) is 0 Å². The largest absolute Gasteiger partial charge is 0.462 e. The van der Waals surface area contributed by atoms with Crippen LogP contribution in [0.1, 0.15) is 348 Å². The number of esters is 3. The number of rotatable bonds is 62. The van der Waals surface area contributed by atoms with Crippen molar-refractivity contribution in [1.29, 1.82) is 0 Å². The van der Waals surface area contributed by atoms with Gasteiger partial charge in [-0.2, -0.15) is 0 Å². The number of carbonyl (C=O) groups is 3. The first-order valence-corrected chi connectivity index (χ1v) is 33.9. The third-order valence-electron chi connectivity index (χ3n) is 14.9. The van der Waals surface area contributed by atoms with Gasteiger partial charge in [0, 0.05) is 19.3 Å². The fourth-order valence-electron chi connectivity index (χ4n) is 9.84. The summed E-state index contributed by atoms with van der Waals surface area (Å²) in [6.45, 7) is 6.54. The van der Waals surface area contributed by atoms with Gasteiger partial charge in [-0.15, -0.1) is 0 Å². The molecule has 1 atom stereocenters. The molecule has 0 aromatic carbocycles. The molecule has 6 nitrogen and oxygen atoms in total. The lowest BCUT2D eigenvalue weighted by Crippen LogP contribution is -2.30. The van der Waals surface area contributed by atoms with Gasteiger partial charge in [0.25, 0.3) is 0 Å². The summed E-state index contributed by atoms with van der Waals surface area (Å²) < 4.78 is 16.9. The molecule has 0 aromatic rings. The van der Waals surface area contributed by atoms with E-state index < -0.39 is 6.10 Å². The van der Waals surface area contributed by atoms with E-state index in [9.17, 15) is 14.4 Å². The first kappa shape index (κ1) is 74.8. The summed E-state index contributed by atoms with van der Waals surface area (Å²) in [5.41, 5.74) is 0. The molecule has 0 heterocycles. The van der Waals surface area contributed by atoms with Crippen molar-refractivity contribution in [3.05, 3.63) is 72.9 Å². The number of hydrogen-bond donors (Lipinski definition) is 0. The molecule has 0 aliphatic carbocycles. The number of carbonyl (C=O) groups excluding carboxylic acids is 3. The fourth-order valence-corrected chi connectivity index (χ4v) is 9.84. The van der Waals surface area contributed by atoms with Crippen LogP contribution in [0.3, 0.4) is 0 Å². The third kappa shape index (κ3) is 63.7. The van der Waals surface area contributed by atoms with Gasteiger partial charge in [0.2, 0.25) is 0 Å². The van der Waals surface area contributed by atoms with Crippen LogP contribution < -0.4 is 0 Å². The average molecular weight is 1090 g/mol. The van der Waals surface area contributed by atoms with Gasteiger partial charge in [-0.1, -0.05) is 293 Å². The number of allylic oxidation sites excluding steroid dienone is 12. The molecule has 6 heteroatoms. The Morgan fingerprint density at radius 1 is 0.269 bits per heavy atom. The van der Waals surface area contributed by atoms with Crippen molar-refractivity contribution >= 4 is 17.9 Å². The third-order valence-corrected chi connectivity index (χ3v) is 14.9. The van der Waals surface area contributed by atoms with Crippen LogP contribution in [0.25, 0.3) is 0 Å². The predicted octanol–water partition coefficient (Wildman–Crippen LogP) is 23.3. The zero-order valence-corrected chi connectivity index (χ0v) is 51.9. The van der Waals surface area contributed by atoms with E-state index in [0.717, 1.165) is 89.9 Å². The van der Waals surface area contributed by atoms with E-state index in [1.165, 1.54) is 218 Å². The van der Waals surface area contributed by atoms with Crippen LogP contribution in [-0.2, 0) is 28.6 Å². The number of ether oxygens (including phenoxy) is 3. The maximum atomic E-state index is 12.9. The molecule has 0 fully saturated rings. The Hall–Kier alpha value is -3.15. The Morgan fingerprint density at radius 3 is 0.821 bits per heavy atom. The van der Waals surface area contributed by atoms with Gasteiger partial charge in [-0.3, -0.25) is 14.4 Å². The van der Waals surface area contributed by atoms with Crippen molar-refractivity contribution in [1.82, 2.24) is 0 Å². The van der Waals surface area contributed by atoms with Crippen molar-refractivity contribution < 1.29 is 28.6 Å². The Labute approximate surface area is 484 Å². The highest BCUT2D eigenvalue weighted by atomic mass is 16.6. The summed E-state index contributed by atoms with van der Waals surface area (Å²) >= 11 is 0. The van der Waals surface area contributed by atoms with E-state index in [1.54, 1.807) is 0 Å². The van der Waals surface area contributed by atoms with E-state index in [4.69, 9.17) is 14.2 Å². The first-order valence-electron chi connectivity index (χ1n) is 33.9. The van der Waals surface area contributed by atoms with Crippen molar-refractivity contribution in [2.24, 2.45) is 0 Å². The molecule has 0 aromatic heterocycles. The maximum absolute atomic E-state index is 12.9. The zero-order chi connectivity index (χ0) is 56.4. The highest BCUT2D eigenvalue weighted by Gasteiger charge is 2.19. The molecule has 0 rings (SSSR count). The van der Waals surface area contributed by atoms with E-state index in [0.29, 0.717) is 19.3 Å². The van der Waals surface area contributed by atoms with E-state index >= 15 is 0 Å². The number of hydrogen-bond acceptors (Lipinski definition) is 6. The lowest BCUT2D eigenvalue weighted by Gasteiger charge is -2.18. The summed E-state index contributed by atoms with van der Waals surface area (Å²) in [6.07, 6.45) is 86.4. The van der Waals surface area contributed by atoms with Crippen LogP contribution in [0, 0.1) is 0 Å². The molecule has 0 aliphatic rings. The molecule has 0 N–H and O–H groups in total. The van der Waals surface area contributed by atoms with Gasteiger partial charge < -0.3 is 14.2 Å². The van der Waals surface area contributed by atoms with Gasteiger partial charge in [-0.05, 0) is 109 Å². The van der Waals surface area contributed by atoms with Crippen molar-refractivity contribution in [2.45, 2.75) is 354 Å². The van der Waals surface area contributed by atoms with Crippen LogP contribution in [-0.4, -0.2) is 37.2 Å². The molecule has 0 spiro atoms. The topological polar surface area (TPSA) is 78.9 Å². The second-order valence-electron chi connectivity index (χ2n) is 22.7. The van der Waals surface area contributed by atoms with Crippen LogP contribution >= 0.6 is 0 Å². The van der Waals surface area contributed by atoms with Crippen LogP contribution in [0.4, 0.5) is 0 Å². The zero-order valence-electron chi connectivity index (χ0n) is 51.9. The minimum atomic E-state index is -0.782. The molecular weight excluding hydrogens is 961 g/mol. The van der Waals surface area contributed by atoms with Crippen molar-refractivity contribution in [2.75, 3.05) is 13.2 Å². The SMILES string of the molecule is CC/C=C\C/C=C\C/C=C\C/C=C\CCCCCCCCCCCCC(=O)OC(COC(=O)CCCCCCC/C=C\CCCCC)COC(=O)CCCCCCCCCCCCCCC/C=C\CCCCCCCCCC. The fraction of sp³-hybridized carbons (Fsp3) is 0.792. The quantitative estimate of drug-likeness (QED) is 0.0261. The summed E-state index contributed by atoms with van der Waals surface area (Å²) in [6, 6.07) is 0. The molecule has 0 radical (unpaired) electrons. The molecule has 0 saturated heterocycles. The molecule has 0 aliphatic heterocycles. The lowest BCUT2D eigenvalue weighted by molar-refractivity contribution is -0.167. The Kier molecular flexibility index (Phi) is 63.7. The van der Waals surface area contributed by atoms with Gasteiger partial charge >= 0.3 is 17.9 Å². The Morgan fingerprint density at radius 2 is 0.500 bits per heavy atom. The van der Waals surface area contributed by atoms with Crippen molar-refractivity contribution in [3.63, 3.8) is 0 Å². The van der Waals surface area contributed by atoms with Crippen molar-refractivity contribution in [3.8, 4) is 0 Å².